The number of aromatic nitrogens is 1. The van der Waals surface area contributed by atoms with E-state index in [1.54, 1.807) is 12.5 Å². The van der Waals surface area contributed by atoms with Gasteiger partial charge in [0.25, 0.3) is 5.91 Å². The van der Waals surface area contributed by atoms with Crippen molar-refractivity contribution in [1.82, 2.24) is 10.3 Å². The van der Waals surface area contributed by atoms with Crippen LogP contribution in [-0.4, -0.2) is 35.1 Å². The van der Waals surface area contributed by atoms with E-state index in [1.165, 1.54) is 11.3 Å². The lowest BCUT2D eigenvalue weighted by Crippen LogP contribution is -2.38. The second-order valence-electron chi connectivity index (χ2n) is 6.13. The number of hydrogen-bond donors (Lipinski definition) is 2. The lowest BCUT2D eigenvalue weighted by Gasteiger charge is -2.26. The lowest BCUT2D eigenvalue weighted by atomic mass is 9.86. The first-order valence-corrected chi connectivity index (χ1v) is 9.08. The Morgan fingerprint density at radius 1 is 1.20 bits per heavy atom. The van der Waals surface area contributed by atoms with Gasteiger partial charge < -0.3 is 15.2 Å². The number of benzene rings is 1. The minimum atomic E-state index is -0.742. The quantitative estimate of drug-likeness (QED) is 0.855. The van der Waals surface area contributed by atoms with Crippen LogP contribution in [0.5, 0.6) is 5.75 Å². The number of carboxylic acid groups (broad SMARTS) is 1. The molecule has 0 spiro atoms. The summed E-state index contributed by atoms with van der Waals surface area (Å²) in [7, 11) is 1.62. The third-order valence-corrected chi connectivity index (χ3v) is 5.38. The highest BCUT2D eigenvalue weighted by atomic mass is 32.1. The van der Waals surface area contributed by atoms with Crippen molar-refractivity contribution in [1.29, 1.82) is 0 Å². The molecule has 1 heterocycles. The largest absolute Gasteiger partial charge is 0.497 e. The van der Waals surface area contributed by atoms with Crippen LogP contribution in [0.4, 0.5) is 0 Å². The standard InChI is InChI=1S/C18H20N2O4S/c1-24-14-8-4-11(5-9-14)17-20-15(10-25-17)16(21)19-13-6-2-12(3-7-13)18(22)23/h4-5,8-10,12-13H,2-3,6-7H2,1H3,(H,19,21)(H,22,23). The second kappa shape index (κ2) is 7.65. The van der Waals surface area contributed by atoms with Crippen molar-refractivity contribution in [3.63, 3.8) is 0 Å². The second-order valence-corrected chi connectivity index (χ2v) is 6.98. The van der Waals surface area contributed by atoms with Crippen molar-refractivity contribution < 1.29 is 19.4 Å². The number of rotatable bonds is 5. The van der Waals surface area contributed by atoms with Crippen molar-refractivity contribution in [2.24, 2.45) is 5.92 Å². The zero-order valence-corrected chi connectivity index (χ0v) is 14.7. The van der Waals surface area contributed by atoms with E-state index in [4.69, 9.17) is 9.84 Å². The van der Waals surface area contributed by atoms with Gasteiger partial charge in [0.15, 0.2) is 0 Å². The number of ether oxygens (including phenoxy) is 1. The van der Waals surface area contributed by atoms with Crippen molar-refractivity contribution in [3.8, 4) is 16.3 Å². The maximum absolute atomic E-state index is 12.4. The number of nitrogens with zero attached hydrogens (tertiary/aromatic N) is 1. The first kappa shape index (κ1) is 17.4. The Morgan fingerprint density at radius 3 is 2.48 bits per heavy atom. The van der Waals surface area contributed by atoms with E-state index in [2.05, 4.69) is 10.3 Å². The molecule has 1 aliphatic carbocycles. The molecule has 0 radical (unpaired) electrons. The average Bonchev–Trinajstić information content (AvgIpc) is 3.12. The van der Waals surface area contributed by atoms with Crippen molar-refractivity contribution >= 4 is 23.2 Å². The number of methoxy groups -OCH3 is 1. The normalized spacial score (nSPS) is 20.0. The van der Waals surface area contributed by atoms with E-state index < -0.39 is 5.97 Å². The van der Waals surface area contributed by atoms with Gasteiger partial charge in [-0.2, -0.15) is 0 Å². The van der Waals surface area contributed by atoms with E-state index in [0.717, 1.165) is 16.3 Å². The summed E-state index contributed by atoms with van der Waals surface area (Å²) in [6.07, 6.45) is 2.60. The number of thiazole rings is 1. The molecule has 0 aliphatic heterocycles. The minimum absolute atomic E-state index is 0.0224. The minimum Gasteiger partial charge on any atom is -0.497 e. The van der Waals surface area contributed by atoms with E-state index in [9.17, 15) is 9.59 Å². The highest BCUT2D eigenvalue weighted by Gasteiger charge is 2.27. The van der Waals surface area contributed by atoms with Crippen LogP contribution in [0, 0.1) is 5.92 Å². The van der Waals surface area contributed by atoms with Crippen LogP contribution < -0.4 is 10.1 Å². The number of amides is 1. The molecule has 1 aromatic heterocycles. The SMILES string of the molecule is COc1ccc(-c2nc(C(=O)NC3CCC(C(=O)O)CC3)cs2)cc1. The summed E-state index contributed by atoms with van der Waals surface area (Å²) in [5.74, 6) is -0.451. The van der Waals surface area contributed by atoms with Crippen LogP contribution in [-0.2, 0) is 4.79 Å². The molecule has 1 saturated carbocycles. The van der Waals surface area contributed by atoms with Crippen LogP contribution in [0.1, 0.15) is 36.2 Å². The van der Waals surface area contributed by atoms with Crippen LogP contribution in [0.3, 0.4) is 0 Å². The van der Waals surface area contributed by atoms with Gasteiger partial charge in [-0.05, 0) is 49.9 Å². The molecule has 0 unspecified atom stereocenters. The van der Waals surface area contributed by atoms with E-state index >= 15 is 0 Å². The molecule has 1 aliphatic rings. The molecule has 132 valence electrons. The molecule has 2 aromatic rings. The summed E-state index contributed by atoms with van der Waals surface area (Å²) in [4.78, 5) is 27.8. The Kier molecular flexibility index (Phi) is 5.33. The summed E-state index contributed by atoms with van der Waals surface area (Å²) in [5.41, 5.74) is 1.34. The van der Waals surface area contributed by atoms with E-state index in [-0.39, 0.29) is 17.9 Å². The predicted octanol–water partition coefficient (Wildman–Crippen LogP) is 3.19. The average molecular weight is 360 g/mol. The Hall–Kier alpha value is -2.41. The van der Waals surface area contributed by atoms with Crippen LogP contribution >= 0.6 is 11.3 Å². The smallest absolute Gasteiger partial charge is 0.306 e. The van der Waals surface area contributed by atoms with Crippen molar-refractivity contribution in [2.45, 2.75) is 31.7 Å². The van der Waals surface area contributed by atoms with Crippen LogP contribution in [0.2, 0.25) is 0 Å². The highest BCUT2D eigenvalue weighted by Crippen LogP contribution is 2.27. The molecular weight excluding hydrogens is 340 g/mol. The Morgan fingerprint density at radius 2 is 1.88 bits per heavy atom. The fraction of sp³-hybridized carbons (Fsp3) is 0.389. The lowest BCUT2D eigenvalue weighted by molar-refractivity contribution is -0.142. The maximum Gasteiger partial charge on any atom is 0.306 e. The number of carbonyl (C=O) groups is 2. The summed E-state index contributed by atoms with van der Waals surface area (Å²) in [6, 6.07) is 7.56. The van der Waals surface area contributed by atoms with Gasteiger partial charge in [0.1, 0.15) is 16.5 Å². The zero-order chi connectivity index (χ0) is 17.8. The van der Waals surface area contributed by atoms with Gasteiger partial charge in [-0.25, -0.2) is 4.98 Å². The number of hydrogen-bond acceptors (Lipinski definition) is 5. The first-order chi connectivity index (χ1) is 12.1. The molecule has 2 N–H and O–H groups in total. The monoisotopic (exact) mass is 360 g/mol. The maximum atomic E-state index is 12.4. The van der Waals surface area contributed by atoms with Crippen LogP contribution in [0.15, 0.2) is 29.6 Å². The topological polar surface area (TPSA) is 88.5 Å². The first-order valence-electron chi connectivity index (χ1n) is 8.20. The van der Waals surface area contributed by atoms with Gasteiger partial charge >= 0.3 is 5.97 Å². The van der Waals surface area contributed by atoms with Crippen LogP contribution in [0.25, 0.3) is 10.6 Å². The van der Waals surface area contributed by atoms with Gasteiger partial charge in [-0.1, -0.05) is 0 Å². The summed E-state index contributed by atoms with van der Waals surface area (Å²) in [6.45, 7) is 0. The number of aliphatic carboxylic acids is 1. The fourth-order valence-electron chi connectivity index (χ4n) is 2.99. The summed E-state index contributed by atoms with van der Waals surface area (Å²) in [5, 5.41) is 14.5. The number of nitrogens with one attached hydrogen (secondary N) is 1. The summed E-state index contributed by atoms with van der Waals surface area (Å²) < 4.78 is 5.14. The molecular formula is C18H20N2O4S. The van der Waals surface area contributed by atoms with E-state index in [1.807, 2.05) is 24.3 Å². The molecule has 25 heavy (non-hydrogen) atoms. The van der Waals surface area contributed by atoms with Crippen molar-refractivity contribution in [3.05, 3.63) is 35.3 Å². The number of carbonyl (C=O) groups excluding carboxylic acids is 1. The zero-order valence-electron chi connectivity index (χ0n) is 13.9. The Bertz CT molecular complexity index is 749. The molecule has 1 aromatic carbocycles. The fourth-order valence-corrected chi connectivity index (χ4v) is 3.79. The molecule has 1 amide bonds. The van der Waals surface area contributed by atoms with Gasteiger partial charge in [-0.15, -0.1) is 11.3 Å². The molecule has 0 atom stereocenters. The third kappa shape index (κ3) is 4.17. The Labute approximate surface area is 149 Å². The molecule has 1 fully saturated rings. The Balaban J connectivity index is 1.60. The predicted molar refractivity (Wildman–Crippen MR) is 95.0 cm³/mol. The molecule has 0 saturated heterocycles. The van der Waals surface area contributed by atoms with Gasteiger partial charge in [0, 0.05) is 17.0 Å². The number of carboxylic acids is 1. The van der Waals surface area contributed by atoms with Crippen molar-refractivity contribution in [2.75, 3.05) is 7.11 Å². The third-order valence-electron chi connectivity index (χ3n) is 4.49. The van der Waals surface area contributed by atoms with Gasteiger partial charge in [0.2, 0.25) is 0 Å². The molecule has 3 rings (SSSR count). The summed E-state index contributed by atoms with van der Waals surface area (Å²) >= 11 is 1.42. The molecule has 6 nitrogen and oxygen atoms in total. The van der Waals surface area contributed by atoms with Gasteiger partial charge in [0.05, 0.1) is 13.0 Å². The van der Waals surface area contributed by atoms with Gasteiger partial charge in [-0.3, -0.25) is 9.59 Å². The molecule has 0 bridgehead atoms. The van der Waals surface area contributed by atoms with E-state index in [0.29, 0.717) is 31.4 Å². The molecule has 7 heteroatoms. The highest BCUT2D eigenvalue weighted by molar-refractivity contribution is 7.13.